The number of nitrogens with zero attached hydrogens (tertiary/aromatic N) is 3. The smallest absolute Gasteiger partial charge is 0.228 e. The molecule has 24 heavy (non-hydrogen) atoms. The summed E-state index contributed by atoms with van der Waals surface area (Å²) in [5.41, 5.74) is 0. The van der Waals surface area contributed by atoms with Crippen molar-refractivity contribution in [1.82, 2.24) is 14.1 Å². The van der Waals surface area contributed by atoms with Crippen LogP contribution in [0.2, 0.25) is 0 Å². The van der Waals surface area contributed by atoms with Gasteiger partial charge in [-0.3, -0.25) is 4.79 Å². The largest absolute Gasteiger partial charge is 0.311 e. The second-order valence-electron chi connectivity index (χ2n) is 6.59. The molecule has 0 spiro atoms. The van der Waals surface area contributed by atoms with Gasteiger partial charge in [0.15, 0.2) is 0 Å². The molecule has 0 atom stereocenters. The molecule has 1 N–H and O–H groups in total. The molecule has 1 aliphatic heterocycles. The zero-order chi connectivity index (χ0) is 17.7. The van der Waals surface area contributed by atoms with Gasteiger partial charge in [-0.25, -0.2) is 17.4 Å². The fraction of sp³-hybridized carbons (Fsp3) is 0.750. The lowest BCUT2D eigenvalue weighted by Crippen LogP contribution is -2.42. The van der Waals surface area contributed by atoms with Gasteiger partial charge in [-0.05, 0) is 33.1 Å². The van der Waals surface area contributed by atoms with Crippen molar-refractivity contribution in [2.24, 2.45) is 5.92 Å². The molecule has 2 heterocycles. The summed E-state index contributed by atoms with van der Waals surface area (Å²) in [6.45, 7) is 6.83. The third-order valence-electron chi connectivity index (χ3n) is 4.38. The molecule has 1 amide bonds. The molecule has 1 fully saturated rings. The summed E-state index contributed by atoms with van der Waals surface area (Å²) in [5.74, 6) is 0.683. The lowest BCUT2D eigenvalue weighted by Gasteiger charge is -2.30. The van der Waals surface area contributed by atoms with Crippen molar-refractivity contribution in [3.05, 3.63) is 12.3 Å². The summed E-state index contributed by atoms with van der Waals surface area (Å²) in [5, 5.41) is 7.12. The molecule has 1 saturated heterocycles. The van der Waals surface area contributed by atoms with E-state index in [0.717, 1.165) is 6.42 Å². The summed E-state index contributed by atoms with van der Waals surface area (Å²) in [7, 11) is -3.17. The Bertz CT molecular complexity index is 646. The van der Waals surface area contributed by atoms with Crippen molar-refractivity contribution in [3.8, 4) is 0 Å². The zero-order valence-electron chi connectivity index (χ0n) is 14.7. The number of sulfonamides is 1. The van der Waals surface area contributed by atoms with Crippen molar-refractivity contribution in [2.45, 2.75) is 52.5 Å². The quantitative estimate of drug-likeness (QED) is 0.812. The zero-order valence-corrected chi connectivity index (χ0v) is 15.6. The predicted octanol–water partition coefficient (Wildman–Crippen LogP) is 2.24. The van der Waals surface area contributed by atoms with Gasteiger partial charge in [-0.15, -0.1) is 0 Å². The molecule has 0 saturated carbocycles. The first-order valence-electron chi connectivity index (χ1n) is 8.67. The van der Waals surface area contributed by atoms with Crippen LogP contribution in [0.4, 0.5) is 5.82 Å². The Morgan fingerprint density at radius 2 is 2.04 bits per heavy atom. The molecule has 1 aromatic heterocycles. The van der Waals surface area contributed by atoms with Crippen LogP contribution >= 0.6 is 0 Å². The Morgan fingerprint density at radius 1 is 1.38 bits per heavy atom. The van der Waals surface area contributed by atoms with E-state index in [2.05, 4.69) is 10.4 Å². The fourth-order valence-electron chi connectivity index (χ4n) is 2.91. The molecule has 0 radical (unpaired) electrons. The first kappa shape index (κ1) is 18.9. The fourth-order valence-corrected chi connectivity index (χ4v) is 4.58. The minimum absolute atomic E-state index is 0.0528. The molecular weight excluding hydrogens is 328 g/mol. The number of hydrogen-bond donors (Lipinski definition) is 1. The second kappa shape index (κ2) is 8.11. The van der Waals surface area contributed by atoms with E-state index < -0.39 is 10.0 Å². The van der Waals surface area contributed by atoms with Crippen molar-refractivity contribution in [1.29, 1.82) is 0 Å². The topological polar surface area (TPSA) is 84.3 Å². The average Bonchev–Trinajstić information content (AvgIpc) is 3.01. The van der Waals surface area contributed by atoms with Gasteiger partial charge in [-0.2, -0.15) is 5.10 Å². The maximum absolute atomic E-state index is 12.4. The Morgan fingerprint density at radius 3 is 2.62 bits per heavy atom. The van der Waals surface area contributed by atoms with E-state index in [9.17, 15) is 13.2 Å². The van der Waals surface area contributed by atoms with E-state index in [0.29, 0.717) is 38.2 Å². The standard InChI is InChI=1S/C16H28N4O3S/c1-4-5-12-24(22,23)19-10-7-14(8-11-19)16(21)18-15-6-9-17-20(15)13(2)3/h6,9,13-14H,4-5,7-8,10-12H2,1-3H3,(H,18,21). The molecule has 1 aliphatic rings. The van der Waals surface area contributed by atoms with Gasteiger partial charge in [-0.1, -0.05) is 13.3 Å². The van der Waals surface area contributed by atoms with E-state index in [1.54, 1.807) is 16.9 Å². The highest BCUT2D eigenvalue weighted by Gasteiger charge is 2.31. The number of aromatic nitrogens is 2. The molecule has 2 rings (SSSR count). The first-order chi connectivity index (χ1) is 11.3. The number of piperidine rings is 1. The number of carbonyl (C=O) groups is 1. The Kier molecular flexibility index (Phi) is 6.40. The number of amides is 1. The Hall–Kier alpha value is -1.41. The van der Waals surface area contributed by atoms with Crippen molar-refractivity contribution in [2.75, 3.05) is 24.2 Å². The predicted molar refractivity (Wildman–Crippen MR) is 94.2 cm³/mol. The highest BCUT2D eigenvalue weighted by atomic mass is 32.2. The number of unbranched alkanes of at least 4 members (excludes halogenated alkanes) is 1. The Balaban J connectivity index is 1.90. The van der Waals surface area contributed by atoms with Gasteiger partial charge in [0.1, 0.15) is 5.82 Å². The highest BCUT2D eigenvalue weighted by molar-refractivity contribution is 7.89. The van der Waals surface area contributed by atoms with Crippen molar-refractivity contribution < 1.29 is 13.2 Å². The van der Waals surface area contributed by atoms with E-state index in [4.69, 9.17) is 0 Å². The molecule has 0 unspecified atom stereocenters. The van der Waals surface area contributed by atoms with E-state index in [1.165, 1.54) is 4.31 Å². The second-order valence-corrected chi connectivity index (χ2v) is 8.68. The SMILES string of the molecule is CCCCS(=O)(=O)N1CCC(C(=O)Nc2ccnn2C(C)C)CC1. The number of nitrogens with one attached hydrogen (secondary N) is 1. The minimum atomic E-state index is -3.17. The summed E-state index contributed by atoms with van der Waals surface area (Å²) < 4.78 is 27.7. The lowest BCUT2D eigenvalue weighted by atomic mass is 9.97. The Labute approximate surface area is 144 Å². The van der Waals surface area contributed by atoms with Gasteiger partial charge in [0, 0.05) is 31.1 Å². The van der Waals surface area contributed by atoms with Crippen LogP contribution in [0.5, 0.6) is 0 Å². The van der Waals surface area contributed by atoms with E-state index >= 15 is 0 Å². The van der Waals surface area contributed by atoms with Crippen LogP contribution in [0.25, 0.3) is 0 Å². The van der Waals surface area contributed by atoms with Gasteiger partial charge < -0.3 is 5.32 Å². The van der Waals surface area contributed by atoms with Gasteiger partial charge in [0.2, 0.25) is 15.9 Å². The molecule has 1 aromatic rings. The van der Waals surface area contributed by atoms with Crippen LogP contribution in [0.15, 0.2) is 12.3 Å². The van der Waals surface area contributed by atoms with Crippen LogP contribution in [-0.2, 0) is 14.8 Å². The normalized spacial score (nSPS) is 17.3. The van der Waals surface area contributed by atoms with Crippen LogP contribution in [0.1, 0.15) is 52.5 Å². The molecule has 7 nitrogen and oxygen atoms in total. The van der Waals surface area contributed by atoms with Gasteiger partial charge in [0.25, 0.3) is 0 Å². The molecule has 0 aromatic carbocycles. The van der Waals surface area contributed by atoms with Crippen LogP contribution in [-0.4, -0.2) is 47.3 Å². The molecule has 136 valence electrons. The van der Waals surface area contributed by atoms with Crippen LogP contribution in [0, 0.1) is 5.92 Å². The maximum atomic E-state index is 12.4. The average molecular weight is 356 g/mol. The summed E-state index contributed by atoms with van der Waals surface area (Å²) >= 11 is 0. The maximum Gasteiger partial charge on any atom is 0.228 e. The van der Waals surface area contributed by atoms with Gasteiger partial charge in [0.05, 0.1) is 11.9 Å². The minimum Gasteiger partial charge on any atom is -0.311 e. The van der Waals surface area contributed by atoms with Crippen LogP contribution < -0.4 is 5.32 Å². The molecule has 0 aliphatic carbocycles. The third kappa shape index (κ3) is 4.57. The molecule has 8 heteroatoms. The van der Waals surface area contributed by atoms with E-state index in [-0.39, 0.29) is 23.6 Å². The van der Waals surface area contributed by atoms with Gasteiger partial charge >= 0.3 is 0 Å². The van der Waals surface area contributed by atoms with E-state index in [1.807, 2.05) is 20.8 Å². The number of carbonyl (C=O) groups excluding carboxylic acids is 1. The molecular formula is C16H28N4O3S. The number of hydrogen-bond acceptors (Lipinski definition) is 4. The number of rotatable bonds is 7. The van der Waals surface area contributed by atoms with Crippen molar-refractivity contribution >= 4 is 21.7 Å². The van der Waals surface area contributed by atoms with Crippen LogP contribution in [0.3, 0.4) is 0 Å². The first-order valence-corrected chi connectivity index (χ1v) is 10.3. The monoisotopic (exact) mass is 356 g/mol. The number of anilines is 1. The molecule has 0 bridgehead atoms. The lowest BCUT2D eigenvalue weighted by molar-refractivity contribution is -0.121. The highest BCUT2D eigenvalue weighted by Crippen LogP contribution is 2.22. The third-order valence-corrected chi connectivity index (χ3v) is 6.34. The van der Waals surface area contributed by atoms with Crippen molar-refractivity contribution in [3.63, 3.8) is 0 Å². The summed E-state index contributed by atoms with van der Waals surface area (Å²) in [4.78, 5) is 12.4. The summed E-state index contributed by atoms with van der Waals surface area (Å²) in [6.07, 6.45) is 4.34. The summed E-state index contributed by atoms with van der Waals surface area (Å²) in [6, 6.07) is 1.95.